The smallest absolute Gasteiger partial charge is 0.237 e. The lowest BCUT2D eigenvalue weighted by molar-refractivity contribution is -0.123. The molecule has 88 valence electrons. The maximum atomic E-state index is 11.6. The molecule has 0 saturated carbocycles. The van der Waals surface area contributed by atoms with E-state index in [0.29, 0.717) is 11.4 Å². The van der Waals surface area contributed by atoms with Gasteiger partial charge in [0.2, 0.25) is 5.91 Å². The molecule has 0 spiro atoms. The summed E-state index contributed by atoms with van der Waals surface area (Å²) in [6.07, 6.45) is 0.626. The van der Waals surface area contributed by atoms with Crippen molar-refractivity contribution < 1.29 is 4.79 Å². The van der Waals surface area contributed by atoms with Crippen LogP contribution in [0.2, 0.25) is 5.02 Å². The van der Waals surface area contributed by atoms with Crippen LogP contribution >= 0.6 is 11.6 Å². The van der Waals surface area contributed by atoms with E-state index in [2.05, 4.69) is 5.32 Å². The molecule has 1 aromatic rings. The van der Waals surface area contributed by atoms with Crippen LogP contribution in [0.1, 0.15) is 31.9 Å². The van der Waals surface area contributed by atoms with Crippen LogP contribution in [-0.4, -0.2) is 11.9 Å². The Bertz CT molecular complexity index is 368. The van der Waals surface area contributed by atoms with E-state index < -0.39 is 6.04 Å². The molecule has 0 aliphatic heterocycles. The predicted octanol–water partition coefficient (Wildman–Crippen LogP) is 2.25. The van der Waals surface area contributed by atoms with E-state index in [1.165, 1.54) is 0 Å². The molecule has 2 atom stereocenters. The second kappa shape index (κ2) is 5.87. The van der Waals surface area contributed by atoms with E-state index >= 15 is 0 Å². The topological polar surface area (TPSA) is 55.1 Å². The Balaban J connectivity index is 2.69. The number of carbonyl (C=O) groups is 1. The molecule has 4 heteroatoms. The van der Waals surface area contributed by atoms with Crippen LogP contribution in [0.15, 0.2) is 24.3 Å². The summed E-state index contributed by atoms with van der Waals surface area (Å²) in [5.41, 5.74) is 6.54. The quantitative estimate of drug-likeness (QED) is 0.848. The van der Waals surface area contributed by atoms with E-state index in [-0.39, 0.29) is 11.9 Å². The number of carbonyl (C=O) groups excluding carboxylic acids is 1. The van der Waals surface area contributed by atoms with Gasteiger partial charge in [-0.05, 0) is 25.0 Å². The van der Waals surface area contributed by atoms with E-state index in [4.69, 9.17) is 17.3 Å². The molecular weight excluding hydrogens is 224 g/mol. The second-order valence-electron chi connectivity index (χ2n) is 3.77. The van der Waals surface area contributed by atoms with Gasteiger partial charge in [-0.15, -0.1) is 0 Å². The van der Waals surface area contributed by atoms with Crippen molar-refractivity contribution in [2.24, 2.45) is 5.73 Å². The van der Waals surface area contributed by atoms with Gasteiger partial charge in [-0.3, -0.25) is 4.79 Å². The monoisotopic (exact) mass is 240 g/mol. The minimum absolute atomic E-state index is 0.126. The Morgan fingerprint density at radius 2 is 2.12 bits per heavy atom. The number of benzene rings is 1. The van der Waals surface area contributed by atoms with E-state index in [9.17, 15) is 4.79 Å². The Labute approximate surface area is 101 Å². The molecule has 0 radical (unpaired) electrons. The molecule has 0 bridgehead atoms. The number of hydrogen-bond acceptors (Lipinski definition) is 2. The number of nitrogens with two attached hydrogens (primary N) is 1. The van der Waals surface area contributed by atoms with E-state index in [1.807, 2.05) is 32.0 Å². The van der Waals surface area contributed by atoms with Crippen molar-refractivity contribution in [3.63, 3.8) is 0 Å². The van der Waals surface area contributed by atoms with Crippen molar-refractivity contribution in [1.82, 2.24) is 5.32 Å². The summed E-state index contributed by atoms with van der Waals surface area (Å²) in [6.45, 7) is 3.77. The van der Waals surface area contributed by atoms with Gasteiger partial charge in [-0.2, -0.15) is 0 Å². The van der Waals surface area contributed by atoms with Gasteiger partial charge in [-0.25, -0.2) is 0 Å². The maximum absolute atomic E-state index is 11.6. The van der Waals surface area contributed by atoms with Crippen molar-refractivity contribution in [2.45, 2.75) is 32.4 Å². The van der Waals surface area contributed by atoms with Crippen molar-refractivity contribution in [3.05, 3.63) is 34.9 Å². The number of nitrogens with one attached hydrogen (secondary N) is 1. The summed E-state index contributed by atoms with van der Waals surface area (Å²) >= 11 is 6.03. The molecule has 1 rings (SSSR count). The first-order valence-corrected chi connectivity index (χ1v) is 5.74. The fourth-order valence-corrected chi connectivity index (χ4v) is 1.71. The highest BCUT2D eigenvalue weighted by Gasteiger charge is 2.16. The highest BCUT2D eigenvalue weighted by molar-refractivity contribution is 6.31. The minimum Gasteiger partial charge on any atom is -0.348 e. The zero-order chi connectivity index (χ0) is 12.1. The average molecular weight is 241 g/mol. The standard InChI is InChI=1S/C12H17ClN2O/c1-3-11(14)12(16)15-8(2)9-6-4-5-7-10(9)13/h4-8,11H,3,14H2,1-2H3,(H,15,16). The van der Waals surface area contributed by atoms with Crippen LogP contribution in [0, 0.1) is 0 Å². The van der Waals surface area contributed by atoms with Gasteiger partial charge in [0.05, 0.1) is 12.1 Å². The van der Waals surface area contributed by atoms with Crippen molar-refractivity contribution in [3.8, 4) is 0 Å². The van der Waals surface area contributed by atoms with Gasteiger partial charge >= 0.3 is 0 Å². The second-order valence-corrected chi connectivity index (χ2v) is 4.17. The first-order valence-electron chi connectivity index (χ1n) is 5.36. The molecule has 0 saturated heterocycles. The molecule has 0 heterocycles. The van der Waals surface area contributed by atoms with Crippen LogP contribution in [-0.2, 0) is 4.79 Å². The highest BCUT2D eigenvalue weighted by atomic mass is 35.5. The molecule has 0 aliphatic rings. The van der Waals surface area contributed by atoms with Gasteiger partial charge in [0.15, 0.2) is 0 Å². The Morgan fingerprint density at radius 1 is 1.50 bits per heavy atom. The fourth-order valence-electron chi connectivity index (χ4n) is 1.41. The molecule has 1 amide bonds. The SMILES string of the molecule is CCC(N)C(=O)NC(C)c1ccccc1Cl. The van der Waals surface area contributed by atoms with Crippen LogP contribution in [0.5, 0.6) is 0 Å². The van der Waals surface area contributed by atoms with Gasteiger partial charge in [0.1, 0.15) is 0 Å². The molecule has 2 unspecified atom stereocenters. The Morgan fingerprint density at radius 3 is 2.69 bits per heavy atom. The van der Waals surface area contributed by atoms with Gasteiger partial charge in [-0.1, -0.05) is 36.7 Å². The van der Waals surface area contributed by atoms with Crippen LogP contribution in [0.3, 0.4) is 0 Å². The lowest BCUT2D eigenvalue weighted by atomic mass is 10.1. The van der Waals surface area contributed by atoms with Crippen LogP contribution in [0.4, 0.5) is 0 Å². The van der Waals surface area contributed by atoms with E-state index in [0.717, 1.165) is 5.56 Å². The number of rotatable bonds is 4. The van der Waals surface area contributed by atoms with Gasteiger partial charge < -0.3 is 11.1 Å². The third-order valence-corrected chi connectivity index (χ3v) is 2.85. The largest absolute Gasteiger partial charge is 0.348 e. The zero-order valence-electron chi connectivity index (χ0n) is 9.53. The highest BCUT2D eigenvalue weighted by Crippen LogP contribution is 2.21. The summed E-state index contributed by atoms with van der Waals surface area (Å²) in [5, 5.41) is 3.49. The summed E-state index contributed by atoms with van der Waals surface area (Å²) < 4.78 is 0. The fraction of sp³-hybridized carbons (Fsp3) is 0.417. The third kappa shape index (κ3) is 3.22. The Kier molecular flexibility index (Phi) is 4.77. The number of hydrogen-bond donors (Lipinski definition) is 2. The summed E-state index contributed by atoms with van der Waals surface area (Å²) in [5.74, 6) is -0.144. The summed E-state index contributed by atoms with van der Waals surface area (Å²) in [6, 6.07) is 6.87. The first-order chi connectivity index (χ1) is 7.56. The molecule has 0 aromatic heterocycles. The van der Waals surface area contributed by atoms with Gasteiger partial charge in [0, 0.05) is 5.02 Å². The molecule has 1 aromatic carbocycles. The summed E-state index contributed by atoms with van der Waals surface area (Å²) in [7, 11) is 0. The van der Waals surface area contributed by atoms with Gasteiger partial charge in [0.25, 0.3) is 0 Å². The normalized spacial score (nSPS) is 14.2. The van der Waals surface area contributed by atoms with Crippen LogP contribution < -0.4 is 11.1 Å². The molecule has 3 N–H and O–H groups in total. The Hall–Kier alpha value is -1.06. The predicted molar refractivity (Wildman–Crippen MR) is 66.3 cm³/mol. The van der Waals surface area contributed by atoms with Crippen molar-refractivity contribution in [2.75, 3.05) is 0 Å². The lowest BCUT2D eigenvalue weighted by Crippen LogP contribution is -2.41. The number of halogens is 1. The van der Waals surface area contributed by atoms with Crippen molar-refractivity contribution >= 4 is 17.5 Å². The molecule has 16 heavy (non-hydrogen) atoms. The third-order valence-electron chi connectivity index (χ3n) is 2.51. The van der Waals surface area contributed by atoms with Crippen molar-refractivity contribution in [1.29, 1.82) is 0 Å². The lowest BCUT2D eigenvalue weighted by Gasteiger charge is -2.18. The number of amides is 1. The molecule has 3 nitrogen and oxygen atoms in total. The molecule has 0 aliphatic carbocycles. The van der Waals surface area contributed by atoms with E-state index in [1.54, 1.807) is 6.07 Å². The summed E-state index contributed by atoms with van der Waals surface area (Å²) in [4.78, 5) is 11.6. The molecular formula is C12H17ClN2O. The van der Waals surface area contributed by atoms with Crippen LogP contribution in [0.25, 0.3) is 0 Å². The zero-order valence-corrected chi connectivity index (χ0v) is 10.3. The minimum atomic E-state index is -0.454. The molecule has 0 fully saturated rings. The first kappa shape index (κ1) is 13.0. The maximum Gasteiger partial charge on any atom is 0.237 e. The average Bonchev–Trinajstić information content (AvgIpc) is 2.28.